The van der Waals surface area contributed by atoms with Gasteiger partial charge in [-0.15, -0.1) is 24.0 Å². The van der Waals surface area contributed by atoms with E-state index in [-0.39, 0.29) is 24.0 Å². The maximum absolute atomic E-state index is 5.41. The number of aliphatic imine (C=N–C) groups is 1. The number of ether oxygens (including phenoxy) is 1. The van der Waals surface area contributed by atoms with Gasteiger partial charge in [-0.2, -0.15) is 0 Å². The molecule has 1 heterocycles. The molecule has 0 aliphatic carbocycles. The number of benzene rings is 1. The minimum absolute atomic E-state index is 0. The highest BCUT2D eigenvalue weighted by atomic mass is 127. The molecule has 1 aromatic heterocycles. The van der Waals surface area contributed by atoms with Gasteiger partial charge in [0.15, 0.2) is 5.96 Å². The van der Waals surface area contributed by atoms with E-state index in [1.807, 2.05) is 12.1 Å². The first-order valence-corrected chi connectivity index (χ1v) is 8.69. The summed E-state index contributed by atoms with van der Waals surface area (Å²) in [6, 6.07) is 8.23. The Morgan fingerprint density at radius 1 is 1.12 bits per heavy atom. The molecule has 0 radical (unpaired) electrons. The highest BCUT2D eigenvalue weighted by Gasteiger charge is 2.13. The lowest BCUT2D eigenvalue weighted by Crippen LogP contribution is -2.36. The summed E-state index contributed by atoms with van der Waals surface area (Å²) in [4.78, 5) is 4.30. The molecule has 2 aromatic rings. The number of hydrogen-bond donors (Lipinski definition) is 2. The molecular weight excluding hydrogens is 443 g/mol. The number of hydrogen-bond acceptors (Lipinski definition) is 4. The van der Waals surface area contributed by atoms with Gasteiger partial charge in [-0.05, 0) is 17.5 Å². The van der Waals surface area contributed by atoms with Crippen LogP contribution in [-0.4, -0.2) is 25.3 Å². The van der Waals surface area contributed by atoms with Gasteiger partial charge in [0.2, 0.25) is 0 Å². The quantitative estimate of drug-likeness (QED) is 0.350. The first-order chi connectivity index (χ1) is 12.2. The number of aryl methyl sites for hydroxylation is 2. The predicted molar refractivity (Wildman–Crippen MR) is 115 cm³/mol. The van der Waals surface area contributed by atoms with Crippen molar-refractivity contribution in [3.05, 3.63) is 52.4 Å². The van der Waals surface area contributed by atoms with Crippen LogP contribution >= 0.6 is 24.0 Å². The Labute approximate surface area is 172 Å². The lowest BCUT2D eigenvalue weighted by molar-refractivity contribution is 0.184. The summed E-state index contributed by atoms with van der Waals surface area (Å²) in [6.45, 7) is 6.09. The molecular formula is C19H29IN4O2. The summed E-state index contributed by atoms with van der Waals surface area (Å²) in [5.74, 6) is 1.68. The van der Waals surface area contributed by atoms with E-state index in [4.69, 9.17) is 9.26 Å². The summed E-state index contributed by atoms with van der Waals surface area (Å²) >= 11 is 0. The van der Waals surface area contributed by atoms with Crippen LogP contribution in [-0.2, 0) is 37.3 Å². The lowest BCUT2D eigenvalue weighted by atomic mass is 10.1. The Bertz CT molecular complexity index is 679. The monoisotopic (exact) mass is 472 g/mol. The Kier molecular flexibility index (Phi) is 10.3. The fourth-order valence-electron chi connectivity index (χ4n) is 2.74. The van der Waals surface area contributed by atoms with E-state index >= 15 is 0 Å². The second kappa shape index (κ2) is 11.9. The van der Waals surface area contributed by atoms with Crippen molar-refractivity contribution in [2.45, 2.75) is 46.4 Å². The van der Waals surface area contributed by atoms with E-state index in [2.05, 4.69) is 46.8 Å². The van der Waals surface area contributed by atoms with Crippen molar-refractivity contribution < 1.29 is 9.26 Å². The molecule has 0 saturated heterocycles. The van der Waals surface area contributed by atoms with Crippen LogP contribution in [0.25, 0.3) is 0 Å². The SMILES string of the molecule is CCc1noc(CC)c1CNC(=NC)NCc1ccccc1COC.I. The minimum Gasteiger partial charge on any atom is -0.380 e. The lowest BCUT2D eigenvalue weighted by Gasteiger charge is -2.14. The molecule has 0 unspecified atom stereocenters. The van der Waals surface area contributed by atoms with Gasteiger partial charge >= 0.3 is 0 Å². The van der Waals surface area contributed by atoms with Crippen molar-refractivity contribution in [3.63, 3.8) is 0 Å². The Morgan fingerprint density at radius 2 is 1.81 bits per heavy atom. The topological polar surface area (TPSA) is 71.7 Å². The van der Waals surface area contributed by atoms with Crippen LogP contribution in [0, 0.1) is 0 Å². The number of aromatic nitrogens is 1. The molecule has 0 saturated carbocycles. The van der Waals surface area contributed by atoms with E-state index < -0.39 is 0 Å². The number of methoxy groups -OCH3 is 1. The Hall–Kier alpha value is -1.61. The number of nitrogens with one attached hydrogen (secondary N) is 2. The van der Waals surface area contributed by atoms with Gasteiger partial charge in [0.25, 0.3) is 0 Å². The summed E-state index contributed by atoms with van der Waals surface area (Å²) in [7, 11) is 3.48. The van der Waals surface area contributed by atoms with E-state index in [1.54, 1.807) is 14.2 Å². The molecule has 1 aromatic carbocycles. The summed E-state index contributed by atoms with van der Waals surface area (Å²) < 4.78 is 10.7. The molecule has 7 heteroatoms. The molecule has 0 amide bonds. The highest BCUT2D eigenvalue weighted by molar-refractivity contribution is 14.0. The Balaban J connectivity index is 0.00000338. The minimum atomic E-state index is 0. The van der Waals surface area contributed by atoms with Gasteiger partial charge < -0.3 is 19.9 Å². The largest absolute Gasteiger partial charge is 0.380 e. The van der Waals surface area contributed by atoms with Crippen LogP contribution in [0.4, 0.5) is 0 Å². The fraction of sp³-hybridized carbons (Fsp3) is 0.474. The van der Waals surface area contributed by atoms with E-state index in [0.29, 0.717) is 19.7 Å². The molecule has 6 nitrogen and oxygen atoms in total. The highest BCUT2D eigenvalue weighted by Crippen LogP contribution is 2.15. The normalized spacial score (nSPS) is 11.2. The van der Waals surface area contributed by atoms with Crippen LogP contribution in [0.1, 0.15) is 42.0 Å². The number of guanidine groups is 1. The maximum Gasteiger partial charge on any atom is 0.191 e. The first-order valence-electron chi connectivity index (χ1n) is 8.69. The average Bonchev–Trinajstić information content (AvgIpc) is 3.05. The average molecular weight is 472 g/mol. The molecule has 2 N–H and O–H groups in total. The van der Waals surface area contributed by atoms with Crippen molar-refractivity contribution in [2.24, 2.45) is 4.99 Å². The molecule has 0 aliphatic heterocycles. The third-order valence-corrected chi connectivity index (χ3v) is 4.13. The third kappa shape index (κ3) is 5.98. The summed E-state index contributed by atoms with van der Waals surface area (Å²) in [5, 5.41) is 10.9. The number of nitrogens with zero attached hydrogens (tertiary/aromatic N) is 2. The molecule has 0 fully saturated rings. The molecule has 144 valence electrons. The maximum atomic E-state index is 5.41. The van der Waals surface area contributed by atoms with Gasteiger partial charge in [-0.1, -0.05) is 43.3 Å². The zero-order valence-corrected chi connectivity index (χ0v) is 18.3. The van der Waals surface area contributed by atoms with Crippen molar-refractivity contribution in [1.29, 1.82) is 0 Å². The smallest absolute Gasteiger partial charge is 0.191 e. The second-order valence-corrected chi connectivity index (χ2v) is 5.72. The van der Waals surface area contributed by atoms with E-state index in [9.17, 15) is 0 Å². The van der Waals surface area contributed by atoms with Crippen molar-refractivity contribution in [3.8, 4) is 0 Å². The van der Waals surface area contributed by atoms with Crippen LogP contribution in [0.2, 0.25) is 0 Å². The zero-order valence-electron chi connectivity index (χ0n) is 16.0. The standard InChI is InChI=1S/C19H28N4O2.HI/c1-5-17-16(18(6-2)25-23-17)12-22-19(20-3)21-11-14-9-7-8-10-15(14)13-24-4;/h7-10H,5-6,11-13H2,1-4H3,(H2,20,21,22);1H. The predicted octanol–water partition coefficient (Wildman–Crippen LogP) is 3.43. The summed E-state index contributed by atoms with van der Waals surface area (Å²) in [6.07, 6.45) is 1.69. The van der Waals surface area contributed by atoms with Gasteiger partial charge in [0.1, 0.15) is 5.76 Å². The molecule has 0 aliphatic rings. The van der Waals surface area contributed by atoms with Gasteiger partial charge in [-0.25, -0.2) is 0 Å². The number of halogens is 1. The van der Waals surface area contributed by atoms with Crippen LogP contribution < -0.4 is 10.6 Å². The first kappa shape index (κ1) is 22.4. The van der Waals surface area contributed by atoms with E-state index in [1.165, 1.54) is 11.1 Å². The fourth-order valence-corrected chi connectivity index (χ4v) is 2.74. The second-order valence-electron chi connectivity index (χ2n) is 5.72. The van der Waals surface area contributed by atoms with E-state index in [0.717, 1.165) is 35.8 Å². The van der Waals surface area contributed by atoms with Gasteiger partial charge in [-0.3, -0.25) is 4.99 Å². The number of rotatable bonds is 8. The van der Waals surface area contributed by atoms with Crippen LogP contribution in [0.15, 0.2) is 33.8 Å². The van der Waals surface area contributed by atoms with Crippen molar-refractivity contribution >= 4 is 29.9 Å². The summed E-state index contributed by atoms with van der Waals surface area (Å²) in [5.41, 5.74) is 4.51. The third-order valence-electron chi connectivity index (χ3n) is 4.13. The molecule has 0 spiro atoms. The van der Waals surface area contributed by atoms with Crippen LogP contribution in [0.5, 0.6) is 0 Å². The Morgan fingerprint density at radius 3 is 2.42 bits per heavy atom. The molecule has 0 bridgehead atoms. The molecule has 26 heavy (non-hydrogen) atoms. The molecule has 0 atom stereocenters. The molecule has 2 rings (SSSR count). The van der Waals surface area contributed by atoms with Crippen molar-refractivity contribution in [2.75, 3.05) is 14.2 Å². The van der Waals surface area contributed by atoms with Gasteiger partial charge in [0, 0.05) is 39.2 Å². The van der Waals surface area contributed by atoms with Gasteiger partial charge in [0.05, 0.1) is 12.3 Å². The zero-order chi connectivity index (χ0) is 18.1. The van der Waals surface area contributed by atoms with Crippen LogP contribution in [0.3, 0.4) is 0 Å². The van der Waals surface area contributed by atoms with Crippen molar-refractivity contribution in [1.82, 2.24) is 15.8 Å².